The first-order valence-electron chi connectivity index (χ1n) is 8.52. The van der Waals surface area contributed by atoms with E-state index in [2.05, 4.69) is 0 Å². The second-order valence-electron chi connectivity index (χ2n) is 6.42. The van der Waals surface area contributed by atoms with Gasteiger partial charge in [-0.1, -0.05) is 23.7 Å². The molecule has 136 valence electrons. The molecular weight excluding hydrogens is 352 g/mol. The standard InChI is InChI=1S/C20H21ClN2O3/c1-26-20(25)15-4-2-13(3-5-15)14-8-10-23(11-9-14)19(24)17-12-16(22)6-7-18(17)21/h2-7,12,14H,8-11,22H2,1H3. The molecule has 0 radical (unpaired) electrons. The van der Waals surface area contributed by atoms with Gasteiger partial charge >= 0.3 is 5.97 Å². The second kappa shape index (κ2) is 7.79. The van der Waals surface area contributed by atoms with Crippen molar-refractivity contribution in [2.75, 3.05) is 25.9 Å². The van der Waals surface area contributed by atoms with Gasteiger partial charge in [-0.2, -0.15) is 0 Å². The normalized spacial score (nSPS) is 14.9. The van der Waals surface area contributed by atoms with Crippen molar-refractivity contribution < 1.29 is 14.3 Å². The lowest BCUT2D eigenvalue weighted by molar-refractivity contribution is 0.0600. The fourth-order valence-electron chi connectivity index (χ4n) is 3.30. The van der Waals surface area contributed by atoms with Gasteiger partial charge in [0.2, 0.25) is 0 Å². The van der Waals surface area contributed by atoms with Crippen LogP contribution in [0.5, 0.6) is 0 Å². The fraction of sp³-hybridized carbons (Fsp3) is 0.300. The molecule has 0 atom stereocenters. The molecule has 5 nitrogen and oxygen atoms in total. The van der Waals surface area contributed by atoms with E-state index in [1.807, 2.05) is 17.0 Å². The third kappa shape index (κ3) is 3.83. The molecule has 1 heterocycles. The van der Waals surface area contributed by atoms with Crippen molar-refractivity contribution in [1.82, 2.24) is 4.90 Å². The van der Waals surface area contributed by atoms with Crippen LogP contribution in [-0.4, -0.2) is 37.0 Å². The molecule has 6 heteroatoms. The number of hydrogen-bond acceptors (Lipinski definition) is 4. The Morgan fingerprint density at radius 3 is 2.38 bits per heavy atom. The molecule has 2 N–H and O–H groups in total. The Labute approximate surface area is 157 Å². The summed E-state index contributed by atoms with van der Waals surface area (Å²) in [6.45, 7) is 1.32. The van der Waals surface area contributed by atoms with Crippen molar-refractivity contribution >= 4 is 29.2 Å². The molecule has 0 unspecified atom stereocenters. The first-order chi connectivity index (χ1) is 12.5. The number of carbonyl (C=O) groups is 2. The third-order valence-corrected chi connectivity index (χ3v) is 5.14. The quantitative estimate of drug-likeness (QED) is 0.658. The first-order valence-corrected chi connectivity index (χ1v) is 8.90. The summed E-state index contributed by atoms with van der Waals surface area (Å²) >= 11 is 6.15. The summed E-state index contributed by atoms with van der Waals surface area (Å²) in [5.74, 6) is -0.0557. The molecule has 1 fully saturated rings. The number of amides is 1. The van der Waals surface area contributed by atoms with Gasteiger partial charge in [0.1, 0.15) is 0 Å². The van der Waals surface area contributed by atoms with Crippen molar-refractivity contribution in [3.05, 3.63) is 64.2 Å². The van der Waals surface area contributed by atoms with E-state index in [1.165, 1.54) is 12.7 Å². The zero-order valence-corrected chi connectivity index (χ0v) is 15.3. The molecule has 0 spiro atoms. The Hall–Kier alpha value is -2.53. The molecule has 0 aliphatic carbocycles. The summed E-state index contributed by atoms with van der Waals surface area (Å²) in [7, 11) is 1.37. The van der Waals surface area contributed by atoms with Crippen LogP contribution >= 0.6 is 11.6 Å². The highest BCUT2D eigenvalue weighted by atomic mass is 35.5. The molecule has 0 saturated carbocycles. The number of nitrogens with two attached hydrogens (primary N) is 1. The van der Waals surface area contributed by atoms with Crippen molar-refractivity contribution in [2.24, 2.45) is 0 Å². The molecule has 2 aromatic rings. The third-order valence-electron chi connectivity index (χ3n) is 4.81. The van der Waals surface area contributed by atoms with Crippen LogP contribution in [0.15, 0.2) is 42.5 Å². The van der Waals surface area contributed by atoms with E-state index < -0.39 is 0 Å². The number of piperidine rings is 1. The van der Waals surface area contributed by atoms with Gasteiger partial charge in [-0.05, 0) is 54.7 Å². The van der Waals surface area contributed by atoms with Crippen molar-refractivity contribution in [1.29, 1.82) is 0 Å². The number of ether oxygens (including phenoxy) is 1. The topological polar surface area (TPSA) is 72.6 Å². The van der Waals surface area contributed by atoms with Gasteiger partial charge in [-0.15, -0.1) is 0 Å². The number of nitrogens with zero attached hydrogens (tertiary/aromatic N) is 1. The maximum absolute atomic E-state index is 12.7. The Morgan fingerprint density at radius 1 is 1.12 bits per heavy atom. The molecule has 0 aromatic heterocycles. The van der Waals surface area contributed by atoms with Crippen LogP contribution in [0.1, 0.15) is 45.0 Å². The number of nitrogen functional groups attached to an aromatic ring is 1. The lowest BCUT2D eigenvalue weighted by Crippen LogP contribution is -2.38. The van der Waals surface area contributed by atoms with Gasteiger partial charge in [0.15, 0.2) is 0 Å². The first kappa shape index (κ1) is 18.3. The minimum absolute atomic E-state index is 0.0817. The lowest BCUT2D eigenvalue weighted by atomic mass is 9.88. The van der Waals surface area contributed by atoms with Crippen LogP contribution in [0, 0.1) is 0 Å². The number of rotatable bonds is 3. The molecule has 1 saturated heterocycles. The molecule has 1 aliphatic heterocycles. The summed E-state index contributed by atoms with van der Waals surface area (Å²) in [4.78, 5) is 26.0. The fourth-order valence-corrected chi connectivity index (χ4v) is 3.50. The number of carbonyl (C=O) groups excluding carboxylic acids is 2. The van der Waals surface area contributed by atoms with Crippen LogP contribution in [0.3, 0.4) is 0 Å². The monoisotopic (exact) mass is 372 g/mol. The summed E-state index contributed by atoms with van der Waals surface area (Å²) in [6.07, 6.45) is 1.73. The second-order valence-corrected chi connectivity index (χ2v) is 6.83. The predicted octanol–water partition coefficient (Wildman–Crippen LogP) is 3.73. The zero-order chi connectivity index (χ0) is 18.7. The van der Waals surface area contributed by atoms with Crippen LogP contribution < -0.4 is 5.73 Å². The van der Waals surface area contributed by atoms with Gasteiger partial charge in [0.25, 0.3) is 5.91 Å². The number of hydrogen-bond donors (Lipinski definition) is 1. The summed E-state index contributed by atoms with van der Waals surface area (Å²) < 4.78 is 4.72. The summed E-state index contributed by atoms with van der Waals surface area (Å²) in [5.41, 5.74) is 8.47. The number of esters is 1. The Kier molecular flexibility index (Phi) is 5.47. The zero-order valence-electron chi connectivity index (χ0n) is 14.6. The van der Waals surface area contributed by atoms with E-state index in [-0.39, 0.29) is 11.9 Å². The Morgan fingerprint density at radius 2 is 1.77 bits per heavy atom. The summed E-state index contributed by atoms with van der Waals surface area (Å²) in [5, 5.41) is 0.421. The maximum atomic E-state index is 12.7. The van der Waals surface area contributed by atoms with Gasteiger partial charge < -0.3 is 15.4 Å². The number of anilines is 1. The van der Waals surface area contributed by atoms with Crippen LogP contribution in [0.25, 0.3) is 0 Å². The smallest absolute Gasteiger partial charge is 0.337 e. The van der Waals surface area contributed by atoms with E-state index in [1.54, 1.807) is 30.3 Å². The maximum Gasteiger partial charge on any atom is 0.337 e. The lowest BCUT2D eigenvalue weighted by Gasteiger charge is -2.32. The highest BCUT2D eigenvalue weighted by Crippen LogP contribution is 2.30. The highest BCUT2D eigenvalue weighted by Gasteiger charge is 2.26. The molecule has 3 rings (SSSR count). The molecular formula is C20H21ClN2O3. The predicted molar refractivity (Wildman–Crippen MR) is 102 cm³/mol. The van der Waals surface area contributed by atoms with E-state index in [0.29, 0.717) is 40.8 Å². The molecule has 1 amide bonds. The van der Waals surface area contributed by atoms with Gasteiger partial charge in [-0.3, -0.25) is 4.79 Å². The Balaban J connectivity index is 1.64. The van der Waals surface area contributed by atoms with Crippen molar-refractivity contribution in [3.63, 3.8) is 0 Å². The number of methoxy groups -OCH3 is 1. The van der Waals surface area contributed by atoms with Gasteiger partial charge in [0, 0.05) is 18.8 Å². The average Bonchev–Trinajstić information content (AvgIpc) is 2.69. The Bertz CT molecular complexity index is 812. The number of halogens is 1. The minimum Gasteiger partial charge on any atom is -0.465 e. The van der Waals surface area contributed by atoms with Crippen molar-refractivity contribution in [3.8, 4) is 0 Å². The van der Waals surface area contributed by atoms with E-state index in [4.69, 9.17) is 22.1 Å². The van der Waals surface area contributed by atoms with Crippen LogP contribution in [0.2, 0.25) is 5.02 Å². The SMILES string of the molecule is COC(=O)c1ccc(C2CCN(C(=O)c3cc(N)ccc3Cl)CC2)cc1. The molecule has 2 aromatic carbocycles. The van der Waals surface area contributed by atoms with E-state index >= 15 is 0 Å². The van der Waals surface area contributed by atoms with Crippen LogP contribution in [0.4, 0.5) is 5.69 Å². The molecule has 0 bridgehead atoms. The number of benzene rings is 2. The highest BCUT2D eigenvalue weighted by molar-refractivity contribution is 6.34. The van der Waals surface area contributed by atoms with E-state index in [9.17, 15) is 9.59 Å². The molecule has 26 heavy (non-hydrogen) atoms. The summed E-state index contributed by atoms with van der Waals surface area (Å²) in [6, 6.07) is 12.5. The van der Waals surface area contributed by atoms with Crippen LogP contribution in [-0.2, 0) is 4.74 Å². The number of likely N-dealkylation sites (tertiary alicyclic amines) is 1. The van der Waals surface area contributed by atoms with E-state index in [0.717, 1.165) is 12.8 Å². The van der Waals surface area contributed by atoms with Gasteiger partial charge in [0.05, 0.1) is 23.3 Å². The van der Waals surface area contributed by atoms with Gasteiger partial charge in [-0.25, -0.2) is 4.79 Å². The molecule has 1 aliphatic rings. The van der Waals surface area contributed by atoms with Crippen molar-refractivity contribution in [2.45, 2.75) is 18.8 Å². The average molecular weight is 373 g/mol. The minimum atomic E-state index is -0.337. The largest absolute Gasteiger partial charge is 0.465 e.